The summed E-state index contributed by atoms with van der Waals surface area (Å²) in [6, 6.07) is 0. The molecule has 0 aromatic carbocycles. The van der Waals surface area contributed by atoms with Crippen LogP contribution in [0.15, 0.2) is 0 Å². The smallest absolute Gasteiger partial charge is 0.726 e. The van der Waals surface area contributed by atoms with E-state index in [2.05, 4.69) is 11.1 Å². The van der Waals surface area contributed by atoms with Gasteiger partial charge in [-0.05, 0) is 13.3 Å². The van der Waals surface area contributed by atoms with Gasteiger partial charge in [-0.15, -0.1) is 0 Å². The third-order valence-corrected chi connectivity index (χ3v) is 4.81. The van der Waals surface area contributed by atoms with Gasteiger partial charge in [0.2, 0.25) is 10.4 Å². The molecule has 0 aromatic heterocycles. The van der Waals surface area contributed by atoms with E-state index >= 15 is 0 Å². The molecule has 1 aliphatic rings. The molecule has 1 rings (SSSR count). The number of hydrogen-bond donors (Lipinski definition) is 0. The van der Waals surface area contributed by atoms with Crippen LogP contribution in [0.1, 0.15) is 65.2 Å². The number of rotatable bonds is 17. The summed E-state index contributed by atoms with van der Waals surface area (Å²) < 4.78 is 57.0. The predicted molar refractivity (Wildman–Crippen MR) is 99.1 cm³/mol. The van der Waals surface area contributed by atoms with E-state index in [0.717, 1.165) is 12.8 Å². The Bertz CT molecular complexity index is 476. The van der Waals surface area contributed by atoms with Crippen molar-refractivity contribution < 1.29 is 65.7 Å². The Morgan fingerprint density at radius 3 is 2.29 bits per heavy atom. The predicted octanol–water partition coefficient (Wildman–Crippen LogP) is -0.227. The van der Waals surface area contributed by atoms with E-state index in [-0.39, 0.29) is 55.5 Å². The van der Waals surface area contributed by atoms with Crippen molar-refractivity contribution in [1.29, 1.82) is 0 Å². The molecule has 0 radical (unpaired) electrons. The van der Waals surface area contributed by atoms with Gasteiger partial charge < -0.3 is 23.5 Å². The van der Waals surface area contributed by atoms with Gasteiger partial charge in [0.1, 0.15) is 6.10 Å². The molecular weight excluding hydrogens is 399 g/mol. The quantitative estimate of drug-likeness (QED) is 0.134. The van der Waals surface area contributed by atoms with E-state index in [1.165, 1.54) is 38.5 Å². The van der Waals surface area contributed by atoms with Crippen LogP contribution in [0.25, 0.3) is 0 Å². The Morgan fingerprint density at radius 1 is 1.00 bits per heavy atom. The van der Waals surface area contributed by atoms with Crippen molar-refractivity contribution in [2.24, 2.45) is 0 Å². The van der Waals surface area contributed by atoms with Crippen molar-refractivity contribution in [3.63, 3.8) is 0 Å². The Morgan fingerprint density at radius 2 is 1.61 bits per heavy atom. The molecule has 0 bridgehead atoms. The summed E-state index contributed by atoms with van der Waals surface area (Å²) in [4.78, 5) is 0. The summed E-state index contributed by atoms with van der Waals surface area (Å²) >= 11 is 0. The molecule has 1 saturated heterocycles. The molecule has 28 heavy (non-hydrogen) atoms. The second-order valence-electron chi connectivity index (χ2n) is 6.97. The van der Waals surface area contributed by atoms with Crippen LogP contribution in [0, 0.1) is 0 Å². The van der Waals surface area contributed by atoms with Gasteiger partial charge in [-0.1, -0.05) is 45.4 Å². The molecule has 1 fully saturated rings. The van der Waals surface area contributed by atoms with Crippen molar-refractivity contribution in [3.05, 3.63) is 0 Å². The van der Waals surface area contributed by atoms with Gasteiger partial charge in [-0.3, -0.25) is 4.18 Å². The van der Waals surface area contributed by atoms with E-state index in [0.29, 0.717) is 19.8 Å². The minimum absolute atomic E-state index is 0. The second kappa shape index (κ2) is 16.4. The van der Waals surface area contributed by atoms with Crippen LogP contribution in [-0.2, 0) is 33.5 Å². The van der Waals surface area contributed by atoms with Crippen molar-refractivity contribution >= 4 is 10.4 Å². The first-order chi connectivity index (χ1) is 12.8. The monoisotopic (exact) mass is 434 g/mol. The minimum atomic E-state index is -4.65. The largest absolute Gasteiger partial charge is 1.00 e. The standard InChI is InChI=1S/C18H36O8S.Na/c1-3-4-5-6-7-8-9-10-18(2)24-16-17(26-18)15-23-12-11-22-13-14-25-27(19,20)21;/h17H,3-16H2,1-2H3,(H,19,20,21);/q;+1/p-1. The SMILES string of the molecule is CCCCCCCCCC1(C)OCC(COCCOCCOS(=O)(=O)[O-])O1.[Na+]. The summed E-state index contributed by atoms with van der Waals surface area (Å²) in [5, 5.41) is 0. The van der Waals surface area contributed by atoms with Crippen LogP contribution < -0.4 is 29.6 Å². The molecule has 1 aliphatic heterocycles. The Labute approximate surface area is 192 Å². The molecule has 0 amide bonds. The van der Waals surface area contributed by atoms with Crippen LogP contribution in [0.4, 0.5) is 0 Å². The van der Waals surface area contributed by atoms with Crippen LogP contribution in [-0.4, -0.2) is 64.5 Å². The topological polar surface area (TPSA) is 103 Å². The van der Waals surface area contributed by atoms with Crippen LogP contribution in [0.2, 0.25) is 0 Å². The number of unbranched alkanes of at least 4 members (excludes halogenated alkanes) is 6. The van der Waals surface area contributed by atoms with E-state index in [9.17, 15) is 13.0 Å². The van der Waals surface area contributed by atoms with E-state index in [1.807, 2.05) is 6.92 Å². The first kappa shape index (κ1) is 28.7. The molecular formula is C18H35NaO8S. The van der Waals surface area contributed by atoms with Gasteiger partial charge in [0, 0.05) is 6.42 Å². The van der Waals surface area contributed by atoms with E-state index in [4.69, 9.17) is 18.9 Å². The number of ether oxygens (including phenoxy) is 4. The summed E-state index contributed by atoms with van der Waals surface area (Å²) in [5.74, 6) is -0.519. The first-order valence-electron chi connectivity index (χ1n) is 9.92. The average Bonchev–Trinajstić information content (AvgIpc) is 2.97. The summed E-state index contributed by atoms with van der Waals surface area (Å²) in [7, 11) is -4.65. The maximum Gasteiger partial charge on any atom is 1.00 e. The van der Waals surface area contributed by atoms with Gasteiger partial charge in [0.05, 0.1) is 39.6 Å². The molecule has 0 saturated carbocycles. The van der Waals surface area contributed by atoms with Gasteiger partial charge in [-0.2, -0.15) is 0 Å². The zero-order chi connectivity index (χ0) is 20.0. The number of hydrogen-bond acceptors (Lipinski definition) is 8. The van der Waals surface area contributed by atoms with E-state index < -0.39 is 16.2 Å². The van der Waals surface area contributed by atoms with Crippen molar-refractivity contribution in [3.8, 4) is 0 Å². The Kier molecular flexibility index (Phi) is 16.8. The van der Waals surface area contributed by atoms with Gasteiger partial charge in [0.25, 0.3) is 0 Å². The normalized spacial score (nSPS) is 22.3. The fourth-order valence-electron chi connectivity index (χ4n) is 2.94. The van der Waals surface area contributed by atoms with Gasteiger partial charge in [0.15, 0.2) is 5.79 Å². The summed E-state index contributed by atoms with van der Waals surface area (Å²) in [6.07, 6.45) is 9.62. The molecule has 0 aliphatic carbocycles. The maximum absolute atomic E-state index is 10.2. The summed E-state index contributed by atoms with van der Waals surface area (Å²) in [5.41, 5.74) is 0. The molecule has 10 heteroatoms. The molecule has 2 unspecified atom stereocenters. The van der Waals surface area contributed by atoms with Crippen molar-refractivity contribution in [2.45, 2.75) is 77.1 Å². The molecule has 0 N–H and O–H groups in total. The fourth-order valence-corrected chi connectivity index (χ4v) is 3.21. The maximum atomic E-state index is 10.2. The molecule has 1 heterocycles. The van der Waals surface area contributed by atoms with Crippen molar-refractivity contribution in [2.75, 3.05) is 39.6 Å². The molecule has 8 nitrogen and oxygen atoms in total. The molecule has 0 aromatic rings. The molecule has 2 atom stereocenters. The molecule has 0 spiro atoms. The van der Waals surface area contributed by atoms with Gasteiger partial charge in [-0.25, -0.2) is 8.42 Å². The Hall–Kier alpha value is 0.710. The van der Waals surface area contributed by atoms with Crippen molar-refractivity contribution in [1.82, 2.24) is 0 Å². The summed E-state index contributed by atoms with van der Waals surface area (Å²) in [6.45, 7) is 5.50. The first-order valence-corrected chi connectivity index (χ1v) is 11.3. The third-order valence-electron chi connectivity index (χ3n) is 4.36. The second-order valence-corrected chi connectivity index (χ2v) is 8.03. The fraction of sp³-hybridized carbons (Fsp3) is 1.00. The Balaban J connectivity index is 0.00000729. The third kappa shape index (κ3) is 15.5. The zero-order valence-corrected chi connectivity index (χ0v) is 20.5. The van der Waals surface area contributed by atoms with E-state index in [1.54, 1.807) is 0 Å². The molecule has 162 valence electrons. The van der Waals surface area contributed by atoms with Crippen LogP contribution in [0.3, 0.4) is 0 Å². The zero-order valence-electron chi connectivity index (χ0n) is 17.7. The van der Waals surface area contributed by atoms with Crippen LogP contribution in [0.5, 0.6) is 0 Å². The minimum Gasteiger partial charge on any atom is -0.726 e. The average molecular weight is 435 g/mol. The van der Waals surface area contributed by atoms with Crippen LogP contribution >= 0.6 is 0 Å². The van der Waals surface area contributed by atoms with Gasteiger partial charge >= 0.3 is 29.6 Å².